The van der Waals surface area contributed by atoms with Gasteiger partial charge >= 0.3 is 5.97 Å². The molecule has 4 aromatic rings. The molecule has 0 saturated heterocycles. The van der Waals surface area contributed by atoms with Gasteiger partial charge in [-0.2, -0.15) is 4.98 Å². The average molecular weight is 514 g/mol. The molecular formula is C25H22ClF2N5O3. The van der Waals surface area contributed by atoms with Crippen LogP contribution in [0, 0.1) is 11.6 Å². The van der Waals surface area contributed by atoms with Gasteiger partial charge in [-0.1, -0.05) is 11.6 Å². The summed E-state index contributed by atoms with van der Waals surface area (Å²) >= 11 is 6.40. The number of likely N-dealkylation sites (N-methyl/N-ethyl adjacent to an activating group) is 1. The number of hydrogen-bond donors (Lipinski definition) is 2. The van der Waals surface area contributed by atoms with Crippen molar-refractivity contribution in [3.8, 4) is 11.6 Å². The van der Waals surface area contributed by atoms with Crippen molar-refractivity contribution >= 4 is 40.1 Å². The number of carboxylic acids is 1. The predicted molar refractivity (Wildman–Crippen MR) is 131 cm³/mol. The molecule has 5 rings (SSSR count). The fourth-order valence-corrected chi connectivity index (χ4v) is 4.65. The fraction of sp³-hybridized carbons (Fsp3) is 0.240. The molecule has 3 heterocycles. The minimum absolute atomic E-state index is 0.142. The Morgan fingerprint density at radius 1 is 1.22 bits per heavy atom. The molecule has 0 spiro atoms. The molecular weight excluding hydrogens is 492 g/mol. The number of nitrogens with zero attached hydrogens (tertiary/aromatic N) is 4. The third kappa shape index (κ3) is 4.45. The summed E-state index contributed by atoms with van der Waals surface area (Å²) in [5.41, 5.74) is 3.56. The van der Waals surface area contributed by atoms with Crippen LogP contribution in [0.3, 0.4) is 0 Å². The molecule has 36 heavy (non-hydrogen) atoms. The lowest BCUT2D eigenvalue weighted by Gasteiger charge is -2.26. The van der Waals surface area contributed by atoms with Crippen molar-refractivity contribution in [2.75, 3.05) is 26.0 Å². The van der Waals surface area contributed by atoms with Crippen LogP contribution in [0.15, 0.2) is 36.7 Å². The summed E-state index contributed by atoms with van der Waals surface area (Å²) in [5.74, 6) is -2.25. The number of nitrogens with one attached hydrogen (secondary N) is 1. The molecule has 2 aromatic heterocycles. The van der Waals surface area contributed by atoms with Crippen molar-refractivity contribution in [3.05, 3.63) is 70.0 Å². The Morgan fingerprint density at radius 3 is 2.75 bits per heavy atom. The molecule has 0 atom stereocenters. The number of benzene rings is 2. The van der Waals surface area contributed by atoms with Gasteiger partial charge in [0.25, 0.3) is 0 Å². The van der Waals surface area contributed by atoms with Crippen LogP contribution in [0.5, 0.6) is 5.75 Å². The second-order valence-corrected chi connectivity index (χ2v) is 9.08. The zero-order chi connectivity index (χ0) is 25.6. The number of carboxylic acid groups (broad SMARTS) is 1. The molecule has 2 aromatic carbocycles. The summed E-state index contributed by atoms with van der Waals surface area (Å²) in [4.78, 5) is 22.4. The summed E-state index contributed by atoms with van der Waals surface area (Å²) in [7, 11) is 3.64. The molecule has 8 nitrogen and oxygen atoms in total. The number of halogens is 3. The van der Waals surface area contributed by atoms with E-state index in [9.17, 15) is 18.7 Å². The van der Waals surface area contributed by atoms with Gasteiger partial charge in [-0.15, -0.1) is 0 Å². The van der Waals surface area contributed by atoms with Gasteiger partial charge in [-0.3, -0.25) is 9.36 Å². The Kier molecular flexibility index (Phi) is 6.23. The number of rotatable bonds is 6. The Balaban J connectivity index is 1.59. The van der Waals surface area contributed by atoms with E-state index in [2.05, 4.69) is 27.2 Å². The van der Waals surface area contributed by atoms with Gasteiger partial charge in [0.1, 0.15) is 10.8 Å². The third-order valence-corrected chi connectivity index (χ3v) is 6.46. The van der Waals surface area contributed by atoms with Gasteiger partial charge in [-0.25, -0.2) is 13.8 Å². The quantitative estimate of drug-likeness (QED) is 0.385. The maximum atomic E-state index is 14.1. The highest BCUT2D eigenvalue weighted by molar-refractivity contribution is 6.32. The van der Waals surface area contributed by atoms with E-state index in [-0.39, 0.29) is 34.1 Å². The highest BCUT2D eigenvalue weighted by Gasteiger charge is 2.20. The molecule has 2 N–H and O–H groups in total. The largest absolute Gasteiger partial charge is 0.495 e. The lowest BCUT2D eigenvalue weighted by atomic mass is 9.99. The molecule has 1 aliphatic heterocycles. The van der Waals surface area contributed by atoms with E-state index in [0.717, 1.165) is 37.2 Å². The first-order valence-electron chi connectivity index (χ1n) is 11.1. The van der Waals surface area contributed by atoms with Crippen LogP contribution in [-0.2, 0) is 24.2 Å². The van der Waals surface area contributed by atoms with E-state index in [1.54, 1.807) is 7.11 Å². The van der Waals surface area contributed by atoms with Gasteiger partial charge in [0, 0.05) is 30.7 Å². The monoisotopic (exact) mass is 513 g/mol. The predicted octanol–water partition coefficient (Wildman–Crippen LogP) is 4.72. The summed E-state index contributed by atoms with van der Waals surface area (Å²) in [6.45, 7) is 1.76. The molecule has 0 unspecified atom stereocenters. The average Bonchev–Trinajstić information content (AvgIpc) is 3.16. The minimum Gasteiger partial charge on any atom is -0.495 e. The zero-order valence-corrected chi connectivity index (χ0v) is 20.2. The Hall–Kier alpha value is -3.76. The molecule has 0 aliphatic carbocycles. The van der Waals surface area contributed by atoms with Crippen LogP contribution in [0.4, 0.5) is 20.4 Å². The maximum absolute atomic E-state index is 14.1. The maximum Gasteiger partial charge on any atom is 0.307 e. The summed E-state index contributed by atoms with van der Waals surface area (Å²) < 4.78 is 35.1. The number of carbonyl (C=O) groups is 1. The normalized spacial score (nSPS) is 13.6. The highest BCUT2D eigenvalue weighted by atomic mass is 35.5. The number of aromatic nitrogens is 3. The SMILES string of the molecule is COc1cc2c(cc1Nc1ncc(Cl)c(-n3cc(CC(=O)O)c4cc(F)c(F)cc43)n1)CN(C)CC2. The molecule has 0 radical (unpaired) electrons. The number of anilines is 2. The fourth-order valence-electron chi connectivity index (χ4n) is 4.47. The lowest BCUT2D eigenvalue weighted by Crippen LogP contribution is -2.26. The van der Waals surface area contributed by atoms with Crippen molar-refractivity contribution in [2.45, 2.75) is 19.4 Å². The Morgan fingerprint density at radius 2 is 2.00 bits per heavy atom. The first-order valence-corrected chi connectivity index (χ1v) is 11.5. The molecule has 0 bridgehead atoms. The minimum atomic E-state index is -1.11. The van der Waals surface area contributed by atoms with E-state index >= 15 is 0 Å². The number of ether oxygens (including phenoxy) is 1. The summed E-state index contributed by atoms with van der Waals surface area (Å²) in [5, 5.41) is 12.8. The van der Waals surface area contributed by atoms with E-state index in [1.807, 2.05) is 12.1 Å². The van der Waals surface area contributed by atoms with Crippen molar-refractivity contribution in [1.82, 2.24) is 19.4 Å². The molecule has 11 heteroatoms. The van der Waals surface area contributed by atoms with Crippen LogP contribution in [0.1, 0.15) is 16.7 Å². The summed E-state index contributed by atoms with van der Waals surface area (Å²) in [6.07, 6.45) is 3.38. The highest BCUT2D eigenvalue weighted by Crippen LogP contribution is 2.34. The van der Waals surface area contributed by atoms with Crippen molar-refractivity contribution in [3.63, 3.8) is 0 Å². The number of fused-ring (bicyclic) bond motifs is 2. The second-order valence-electron chi connectivity index (χ2n) is 8.68. The van der Waals surface area contributed by atoms with Crippen LogP contribution in [0.2, 0.25) is 5.02 Å². The first kappa shape index (κ1) is 24.0. The first-order chi connectivity index (χ1) is 17.2. The third-order valence-electron chi connectivity index (χ3n) is 6.20. The molecule has 186 valence electrons. The zero-order valence-electron chi connectivity index (χ0n) is 19.5. The number of hydrogen-bond acceptors (Lipinski definition) is 6. The Labute approximate surface area is 210 Å². The topological polar surface area (TPSA) is 92.5 Å². The number of aliphatic carboxylic acids is 1. The van der Waals surface area contributed by atoms with E-state index in [0.29, 0.717) is 17.0 Å². The van der Waals surface area contributed by atoms with Crippen LogP contribution < -0.4 is 10.1 Å². The van der Waals surface area contributed by atoms with E-state index in [1.165, 1.54) is 22.5 Å². The standard InChI is InChI=1S/C25H22ClF2N5O3/c1-32-4-3-13-6-22(36-2)20(5-14(13)11-32)30-25-29-10-17(26)24(31-25)33-12-15(7-23(34)35)16-8-18(27)19(28)9-21(16)33/h5-6,8-10,12H,3-4,7,11H2,1-2H3,(H,34,35)(H,29,30,31). The van der Waals surface area contributed by atoms with Gasteiger partial charge < -0.3 is 20.1 Å². The van der Waals surface area contributed by atoms with Gasteiger partial charge in [0.05, 0.1) is 30.9 Å². The van der Waals surface area contributed by atoms with Crippen molar-refractivity contribution in [2.24, 2.45) is 0 Å². The second kappa shape index (κ2) is 9.36. The van der Waals surface area contributed by atoms with Crippen molar-refractivity contribution in [1.29, 1.82) is 0 Å². The van der Waals surface area contributed by atoms with E-state index in [4.69, 9.17) is 16.3 Å². The summed E-state index contributed by atoms with van der Waals surface area (Å²) in [6, 6.07) is 5.96. The van der Waals surface area contributed by atoms with Crippen LogP contribution in [-0.4, -0.2) is 51.2 Å². The van der Waals surface area contributed by atoms with Crippen LogP contribution >= 0.6 is 11.6 Å². The molecule has 0 saturated carbocycles. The van der Waals surface area contributed by atoms with Gasteiger partial charge in [0.15, 0.2) is 17.5 Å². The smallest absolute Gasteiger partial charge is 0.307 e. The molecule has 0 fully saturated rings. The van der Waals surface area contributed by atoms with Gasteiger partial charge in [-0.05, 0) is 48.4 Å². The van der Waals surface area contributed by atoms with Crippen LogP contribution in [0.25, 0.3) is 16.7 Å². The number of methoxy groups -OCH3 is 1. The van der Waals surface area contributed by atoms with Gasteiger partial charge in [0.2, 0.25) is 5.95 Å². The Bertz CT molecular complexity index is 1510. The van der Waals surface area contributed by atoms with Crippen molar-refractivity contribution < 1.29 is 23.4 Å². The van der Waals surface area contributed by atoms with E-state index < -0.39 is 17.6 Å². The molecule has 0 amide bonds. The molecule has 1 aliphatic rings. The lowest BCUT2D eigenvalue weighted by molar-refractivity contribution is -0.136.